The lowest BCUT2D eigenvalue weighted by Gasteiger charge is -2.09. The summed E-state index contributed by atoms with van der Waals surface area (Å²) in [7, 11) is -3.90. The fourth-order valence-electron chi connectivity index (χ4n) is 3.07. The quantitative estimate of drug-likeness (QED) is 0.482. The number of carbonyl (C=O) groups is 2. The Kier molecular flexibility index (Phi) is 7.67. The standard InChI is InChI=1S/C22H25N3O6S2/c1-4-30-20(26)11-12-25-18-10-9-17(33(23,28)29)13-19(18)32-22(25)24-21(27)15-5-7-16(8-6-15)31-14(2)3/h5-10,13-14H,4,11-12H2,1-3H3,(H2,23,28,29). The molecule has 1 heterocycles. The Morgan fingerprint density at radius 3 is 2.45 bits per heavy atom. The van der Waals surface area contributed by atoms with Crippen molar-refractivity contribution in [1.29, 1.82) is 0 Å². The number of primary sulfonamides is 1. The molecule has 33 heavy (non-hydrogen) atoms. The molecule has 1 aromatic heterocycles. The molecule has 0 fully saturated rings. The molecule has 0 saturated heterocycles. The number of fused-ring (bicyclic) bond motifs is 1. The van der Waals surface area contributed by atoms with E-state index in [1.807, 2.05) is 13.8 Å². The van der Waals surface area contributed by atoms with Crippen LogP contribution >= 0.6 is 11.3 Å². The average molecular weight is 492 g/mol. The Hall–Kier alpha value is -3.02. The Balaban J connectivity index is 2.02. The number of carbonyl (C=O) groups excluding carboxylic acids is 2. The van der Waals surface area contributed by atoms with Gasteiger partial charge in [-0.25, -0.2) is 13.6 Å². The first-order valence-corrected chi connectivity index (χ1v) is 12.6. The van der Waals surface area contributed by atoms with Gasteiger partial charge in [0.2, 0.25) is 10.0 Å². The first kappa shape index (κ1) is 24.6. The molecule has 0 spiro atoms. The van der Waals surface area contributed by atoms with Crippen molar-refractivity contribution < 1.29 is 27.5 Å². The maximum atomic E-state index is 12.8. The largest absolute Gasteiger partial charge is 0.491 e. The van der Waals surface area contributed by atoms with Gasteiger partial charge in [0.05, 0.1) is 34.2 Å². The smallest absolute Gasteiger partial charge is 0.307 e. The minimum atomic E-state index is -3.90. The van der Waals surface area contributed by atoms with Crippen molar-refractivity contribution in [2.45, 2.75) is 44.7 Å². The number of rotatable bonds is 8. The molecule has 176 valence electrons. The normalized spacial score (nSPS) is 12.3. The molecule has 0 bridgehead atoms. The molecule has 9 nitrogen and oxygen atoms in total. The highest BCUT2D eigenvalue weighted by Gasteiger charge is 2.15. The van der Waals surface area contributed by atoms with E-state index in [1.165, 1.54) is 12.1 Å². The summed E-state index contributed by atoms with van der Waals surface area (Å²) in [5.41, 5.74) is 0.995. The van der Waals surface area contributed by atoms with Gasteiger partial charge in [0.1, 0.15) is 5.75 Å². The van der Waals surface area contributed by atoms with E-state index in [9.17, 15) is 18.0 Å². The lowest BCUT2D eigenvalue weighted by atomic mass is 10.2. The fourth-order valence-corrected chi connectivity index (χ4v) is 4.78. The van der Waals surface area contributed by atoms with E-state index < -0.39 is 15.9 Å². The van der Waals surface area contributed by atoms with Crippen LogP contribution in [0.5, 0.6) is 5.75 Å². The van der Waals surface area contributed by atoms with Gasteiger partial charge in [-0.15, -0.1) is 0 Å². The highest BCUT2D eigenvalue weighted by molar-refractivity contribution is 7.89. The van der Waals surface area contributed by atoms with Gasteiger partial charge < -0.3 is 14.0 Å². The topological polar surface area (TPSA) is 130 Å². The number of thiazole rings is 1. The van der Waals surface area contributed by atoms with Crippen LogP contribution in [0.3, 0.4) is 0 Å². The Labute approximate surface area is 195 Å². The molecule has 1 amide bonds. The summed E-state index contributed by atoms with van der Waals surface area (Å²) in [6.07, 6.45) is 0.0783. The molecule has 0 atom stereocenters. The zero-order valence-electron chi connectivity index (χ0n) is 18.5. The third-order valence-electron chi connectivity index (χ3n) is 4.50. The van der Waals surface area contributed by atoms with Gasteiger partial charge >= 0.3 is 5.97 Å². The van der Waals surface area contributed by atoms with Crippen molar-refractivity contribution in [3.63, 3.8) is 0 Å². The number of nitrogens with two attached hydrogens (primary N) is 1. The molecular formula is C22H25N3O6S2. The van der Waals surface area contributed by atoms with Gasteiger partial charge in [0.25, 0.3) is 5.91 Å². The molecule has 3 aromatic rings. The predicted octanol–water partition coefficient (Wildman–Crippen LogP) is 2.83. The number of aromatic nitrogens is 1. The number of aryl methyl sites for hydroxylation is 1. The Morgan fingerprint density at radius 2 is 1.85 bits per heavy atom. The summed E-state index contributed by atoms with van der Waals surface area (Å²) in [6.45, 7) is 6.01. The van der Waals surface area contributed by atoms with Crippen molar-refractivity contribution >= 4 is 43.5 Å². The van der Waals surface area contributed by atoms with Crippen LogP contribution in [-0.2, 0) is 26.1 Å². The van der Waals surface area contributed by atoms with Crippen LogP contribution in [0, 0.1) is 0 Å². The minimum absolute atomic E-state index is 0.00960. The molecule has 11 heteroatoms. The summed E-state index contributed by atoms with van der Waals surface area (Å²) in [4.78, 5) is 29.2. The van der Waals surface area contributed by atoms with E-state index in [4.69, 9.17) is 14.6 Å². The van der Waals surface area contributed by atoms with Crippen molar-refractivity contribution in [1.82, 2.24) is 4.57 Å². The molecule has 2 N–H and O–H groups in total. The maximum Gasteiger partial charge on any atom is 0.307 e. The monoisotopic (exact) mass is 491 g/mol. The maximum absolute atomic E-state index is 12.8. The highest BCUT2D eigenvalue weighted by Crippen LogP contribution is 2.22. The van der Waals surface area contributed by atoms with E-state index >= 15 is 0 Å². The molecule has 0 aliphatic rings. The van der Waals surface area contributed by atoms with Gasteiger partial charge in [-0.1, -0.05) is 11.3 Å². The Morgan fingerprint density at radius 1 is 1.15 bits per heavy atom. The van der Waals surface area contributed by atoms with E-state index in [1.54, 1.807) is 41.8 Å². The average Bonchev–Trinajstić information content (AvgIpc) is 3.08. The van der Waals surface area contributed by atoms with Crippen molar-refractivity contribution in [2.75, 3.05) is 6.61 Å². The highest BCUT2D eigenvalue weighted by atomic mass is 32.2. The van der Waals surface area contributed by atoms with Gasteiger partial charge in [-0.3, -0.25) is 9.59 Å². The molecule has 0 aliphatic heterocycles. The van der Waals surface area contributed by atoms with E-state index in [0.717, 1.165) is 11.3 Å². The number of hydrogen-bond acceptors (Lipinski definition) is 7. The number of esters is 1. The Bertz CT molecular complexity index is 1340. The van der Waals surface area contributed by atoms with Crippen LogP contribution in [0.15, 0.2) is 52.4 Å². The molecule has 2 aromatic carbocycles. The van der Waals surface area contributed by atoms with Gasteiger partial charge in [-0.05, 0) is 63.2 Å². The molecule has 0 aliphatic carbocycles. The van der Waals surface area contributed by atoms with Crippen LogP contribution in [0.4, 0.5) is 0 Å². The van der Waals surface area contributed by atoms with Crippen LogP contribution in [-0.4, -0.2) is 37.6 Å². The van der Waals surface area contributed by atoms with Gasteiger partial charge in [-0.2, -0.15) is 4.99 Å². The molecule has 0 radical (unpaired) electrons. The lowest BCUT2D eigenvalue weighted by molar-refractivity contribution is -0.143. The summed E-state index contributed by atoms with van der Waals surface area (Å²) in [5.74, 6) is -0.221. The number of ether oxygens (including phenoxy) is 2. The number of benzene rings is 2. The number of nitrogens with zero attached hydrogens (tertiary/aromatic N) is 2. The van der Waals surface area contributed by atoms with Crippen molar-refractivity contribution in [3.05, 3.63) is 52.8 Å². The summed E-state index contributed by atoms with van der Waals surface area (Å²) < 4.78 is 36.3. The van der Waals surface area contributed by atoms with Crippen molar-refractivity contribution in [3.8, 4) is 5.75 Å². The fraction of sp³-hybridized carbons (Fsp3) is 0.318. The second-order valence-electron chi connectivity index (χ2n) is 7.37. The second kappa shape index (κ2) is 10.3. The van der Waals surface area contributed by atoms with Crippen LogP contribution in [0.1, 0.15) is 37.6 Å². The van der Waals surface area contributed by atoms with E-state index in [0.29, 0.717) is 26.3 Å². The first-order valence-electron chi connectivity index (χ1n) is 10.3. The zero-order chi connectivity index (χ0) is 24.2. The molecule has 0 unspecified atom stereocenters. The predicted molar refractivity (Wildman–Crippen MR) is 125 cm³/mol. The van der Waals surface area contributed by atoms with E-state index in [-0.39, 0.29) is 36.5 Å². The van der Waals surface area contributed by atoms with Crippen LogP contribution in [0.25, 0.3) is 10.2 Å². The zero-order valence-corrected chi connectivity index (χ0v) is 20.1. The third kappa shape index (κ3) is 6.28. The van der Waals surface area contributed by atoms with E-state index in [2.05, 4.69) is 4.99 Å². The van der Waals surface area contributed by atoms with Gasteiger partial charge in [0, 0.05) is 12.1 Å². The summed E-state index contributed by atoms with van der Waals surface area (Å²) in [6, 6.07) is 11.0. The number of sulfonamides is 1. The first-order chi connectivity index (χ1) is 15.6. The second-order valence-corrected chi connectivity index (χ2v) is 9.94. The molecule has 0 saturated carbocycles. The third-order valence-corrected chi connectivity index (χ3v) is 6.45. The molecular weight excluding hydrogens is 466 g/mol. The number of hydrogen-bond donors (Lipinski definition) is 1. The van der Waals surface area contributed by atoms with Crippen LogP contribution < -0.4 is 14.7 Å². The minimum Gasteiger partial charge on any atom is -0.491 e. The lowest BCUT2D eigenvalue weighted by Crippen LogP contribution is -2.19. The molecule has 3 rings (SSSR count). The van der Waals surface area contributed by atoms with Crippen LogP contribution in [0.2, 0.25) is 0 Å². The number of amides is 1. The SMILES string of the molecule is CCOC(=O)CCn1c(=NC(=O)c2ccc(OC(C)C)cc2)sc2cc(S(N)(=O)=O)ccc21. The van der Waals surface area contributed by atoms with Crippen molar-refractivity contribution in [2.24, 2.45) is 10.1 Å². The summed E-state index contributed by atoms with van der Waals surface area (Å²) >= 11 is 1.13. The van der Waals surface area contributed by atoms with Gasteiger partial charge in [0.15, 0.2) is 4.80 Å². The summed E-state index contributed by atoms with van der Waals surface area (Å²) in [5, 5.41) is 5.24.